The Morgan fingerprint density at radius 2 is 1.57 bits per heavy atom. The molecule has 0 heterocycles. The number of nitrogens with one attached hydrogen (secondary N) is 1. The van der Waals surface area contributed by atoms with Crippen LogP contribution < -0.4 is 10.5 Å². The number of amidine groups is 1. The zero-order chi connectivity index (χ0) is 15.6. The zero-order valence-electron chi connectivity index (χ0n) is 13.0. The van der Waals surface area contributed by atoms with Crippen molar-refractivity contribution in [2.24, 2.45) is 5.73 Å². The van der Waals surface area contributed by atoms with Crippen LogP contribution in [0.2, 0.25) is 0 Å². The highest BCUT2D eigenvalue weighted by Crippen LogP contribution is 2.27. The third-order valence-corrected chi connectivity index (χ3v) is 3.44. The lowest BCUT2D eigenvalue weighted by atomic mass is 9.87. The van der Waals surface area contributed by atoms with Gasteiger partial charge in [0.1, 0.15) is 17.3 Å². The van der Waals surface area contributed by atoms with Gasteiger partial charge in [0.15, 0.2) is 0 Å². The Balaban J connectivity index is 2.19. The summed E-state index contributed by atoms with van der Waals surface area (Å²) in [6, 6.07) is 13.7. The summed E-state index contributed by atoms with van der Waals surface area (Å²) in [4.78, 5) is 0. The number of hydrogen-bond donors (Lipinski definition) is 2. The standard InChI is InChI=1S/C18H22N2O/c1-12-11-15(9-10-16(12)17(19)20)21-14-7-5-13(6-8-14)18(2,3)4/h5-11H,1-4H3,(H3,19,20). The fourth-order valence-corrected chi connectivity index (χ4v) is 2.16. The molecule has 21 heavy (non-hydrogen) atoms. The average molecular weight is 282 g/mol. The molecule has 2 rings (SSSR count). The number of ether oxygens (including phenoxy) is 1. The monoisotopic (exact) mass is 282 g/mol. The molecular formula is C18H22N2O. The number of hydrogen-bond acceptors (Lipinski definition) is 2. The van der Waals surface area contributed by atoms with Crippen molar-refractivity contribution in [1.82, 2.24) is 0 Å². The predicted molar refractivity (Wildman–Crippen MR) is 87.4 cm³/mol. The largest absolute Gasteiger partial charge is 0.457 e. The van der Waals surface area contributed by atoms with Crippen molar-refractivity contribution in [1.29, 1.82) is 5.41 Å². The first kappa shape index (κ1) is 15.1. The van der Waals surface area contributed by atoms with Gasteiger partial charge in [-0.3, -0.25) is 5.41 Å². The second-order valence-corrected chi connectivity index (χ2v) is 6.27. The Kier molecular flexibility index (Phi) is 4.03. The molecule has 110 valence electrons. The normalized spacial score (nSPS) is 11.2. The molecule has 2 aromatic rings. The number of rotatable bonds is 3. The molecule has 3 N–H and O–H groups in total. The lowest BCUT2D eigenvalue weighted by molar-refractivity contribution is 0.481. The molecule has 0 unspecified atom stereocenters. The van der Waals surface area contributed by atoms with E-state index < -0.39 is 0 Å². The molecule has 0 fully saturated rings. The van der Waals surface area contributed by atoms with Gasteiger partial charge in [0, 0.05) is 5.56 Å². The fraction of sp³-hybridized carbons (Fsp3) is 0.278. The second kappa shape index (κ2) is 5.60. The molecular weight excluding hydrogens is 260 g/mol. The molecule has 0 aliphatic heterocycles. The SMILES string of the molecule is Cc1cc(Oc2ccc(C(C)(C)C)cc2)ccc1C(=N)N. The highest BCUT2D eigenvalue weighted by Gasteiger charge is 2.13. The van der Waals surface area contributed by atoms with Gasteiger partial charge in [-0.25, -0.2) is 0 Å². The van der Waals surface area contributed by atoms with E-state index in [0.717, 1.165) is 22.6 Å². The molecule has 0 aliphatic carbocycles. The molecule has 0 aliphatic rings. The summed E-state index contributed by atoms with van der Waals surface area (Å²) >= 11 is 0. The van der Waals surface area contributed by atoms with Crippen LogP contribution in [0.5, 0.6) is 11.5 Å². The molecule has 0 amide bonds. The van der Waals surface area contributed by atoms with E-state index in [2.05, 4.69) is 32.9 Å². The lowest BCUT2D eigenvalue weighted by Gasteiger charge is -2.19. The van der Waals surface area contributed by atoms with E-state index in [9.17, 15) is 0 Å². The molecule has 0 bridgehead atoms. The minimum Gasteiger partial charge on any atom is -0.457 e. The molecule has 0 saturated heterocycles. The zero-order valence-corrected chi connectivity index (χ0v) is 13.0. The molecule has 0 saturated carbocycles. The predicted octanol–water partition coefficient (Wildman–Crippen LogP) is 4.37. The van der Waals surface area contributed by atoms with Gasteiger partial charge < -0.3 is 10.5 Å². The average Bonchev–Trinajstić information content (AvgIpc) is 2.38. The number of nitrogen functional groups attached to an aromatic ring is 1. The smallest absolute Gasteiger partial charge is 0.127 e. The second-order valence-electron chi connectivity index (χ2n) is 6.27. The van der Waals surface area contributed by atoms with Crippen molar-refractivity contribution < 1.29 is 4.74 Å². The van der Waals surface area contributed by atoms with E-state index in [4.69, 9.17) is 15.9 Å². The molecule has 0 radical (unpaired) electrons. The van der Waals surface area contributed by atoms with Crippen molar-refractivity contribution in [2.45, 2.75) is 33.1 Å². The summed E-state index contributed by atoms with van der Waals surface area (Å²) in [5.74, 6) is 1.63. The summed E-state index contributed by atoms with van der Waals surface area (Å²) in [7, 11) is 0. The van der Waals surface area contributed by atoms with Crippen LogP contribution in [-0.4, -0.2) is 5.84 Å². The van der Waals surface area contributed by atoms with Crippen LogP contribution in [-0.2, 0) is 5.41 Å². The van der Waals surface area contributed by atoms with E-state index in [1.54, 1.807) is 0 Å². The van der Waals surface area contributed by atoms with Crippen molar-refractivity contribution in [3.8, 4) is 11.5 Å². The quantitative estimate of drug-likeness (QED) is 0.648. The van der Waals surface area contributed by atoms with E-state index in [-0.39, 0.29) is 11.3 Å². The highest BCUT2D eigenvalue weighted by molar-refractivity contribution is 5.96. The molecule has 3 nitrogen and oxygen atoms in total. The topological polar surface area (TPSA) is 59.1 Å². The Hall–Kier alpha value is -2.29. The number of benzene rings is 2. The van der Waals surface area contributed by atoms with Crippen molar-refractivity contribution in [3.05, 3.63) is 59.2 Å². The van der Waals surface area contributed by atoms with Crippen molar-refractivity contribution in [3.63, 3.8) is 0 Å². The maximum absolute atomic E-state index is 7.49. The highest BCUT2D eigenvalue weighted by atomic mass is 16.5. The minimum atomic E-state index is 0.0774. The Morgan fingerprint density at radius 3 is 2.05 bits per heavy atom. The van der Waals surface area contributed by atoms with E-state index in [0.29, 0.717) is 0 Å². The summed E-state index contributed by atoms with van der Waals surface area (Å²) in [5, 5.41) is 7.49. The van der Waals surface area contributed by atoms with Gasteiger partial charge in [0.2, 0.25) is 0 Å². The molecule has 0 spiro atoms. The van der Waals surface area contributed by atoms with Crippen LogP contribution in [0, 0.1) is 12.3 Å². The molecule has 2 aromatic carbocycles. The number of nitrogens with two attached hydrogens (primary N) is 1. The maximum atomic E-state index is 7.49. The maximum Gasteiger partial charge on any atom is 0.127 e. The first-order valence-electron chi connectivity index (χ1n) is 7.01. The Labute approximate surface area is 126 Å². The summed E-state index contributed by atoms with van der Waals surface area (Å²) in [6.45, 7) is 8.48. The van der Waals surface area contributed by atoms with Crippen molar-refractivity contribution >= 4 is 5.84 Å². The third-order valence-electron chi connectivity index (χ3n) is 3.44. The van der Waals surface area contributed by atoms with Crippen LogP contribution in [0.4, 0.5) is 0 Å². The van der Waals surface area contributed by atoms with Crippen molar-refractivity contribution in [2.75, 3.05) is 0 Å². The first-order chi connectivity index (χ1) is 9.77. The van der Waals surface area contributed by atoms with Crippen LogP contribution in [0.25, 0.3) is 0 Å². The van der Waals surface area contributed by atoms with Gasteiger partial charge in [-0.05, 0) is 53.8 Å². The molecule has 0 aromatic heterocycles. The van der Waals surface area contributed by atoms with Gasteiger partial charge in [-0.15, -0.1) is 0 Å². The van der Waals surface area contributed by atoms with Gasteiger partial charge in [-0.2, -0.15) is 0 Å². The summed E-state index contributed by atoms with van der Waals surface area (Å²) in [5.41, 5.74) is 8.61. The van der Waals surface area contributed by atoms with E-state index in [1.165, 1.54) is 5.56 Å². The minimum absolute atomic E-state index is 0.0774. The van der Waals surface area contributed by atoms with E-state index in [1.807, 2.05) is 37.3 Å². The molecule has 3 heteroatoms. The van der Waals surface area contributed by atoms with Crippen LogP contribution >= 0.6 is 0 Å². The van der Waals surface area contributed by atoms with Gasteiger partial charge in [0.05, 0.1) is 0 Å². The number of aryl methyl sites for hydroxylation is 1. The van der Waals surface area contributed by atoms with Gasteiger partial charge in [-0.1, -0.05) is 32.9 Å². The summed E-state index contributed by atoms with van der Waals surface area (Å²) < 4.78 is 5.85. The van der Waals surface area contributed by atoms with Gasteiger partial charge in [0.25, 0.3) is 0 Å². The lowest BCUT2D eigenvalue weighted by Crippen LogP contribution is -2.12. The Morgan fingerprint density at radius 1 is 1.00 bits per heavy atom. The first-order valence-corrected chi connectivity index (χ1v) is 7.01. The van der Waals surface area contributed by atoms with Crippen LogP contribution in [0.15, 0.2) is 42.5 Å². The van der Waals surface area contributed by atoms with E-state index >= 15 is 0 Å². The van der Waals surface area contributed by atoms with Crippen LogP contribution in [0.3, 0.4) is 0 Å². The Bertz CT molecular complexity index is 652. The summed E-state index contributed by atoms with van der Waals surface area (Å²) in [6.07, 6.45) is 0. The van der Waals surface area contributed by atoms with Crippen LogP contribution in [0.1, 0.15) is 37.5 Å². The molecule has 0 atom stereocenters. The fourth-order valence-electron chi connectivity index (χ4n) is 2.16. The third kappa shape index (κ3) is 3.63. The van der Waals surface area contributed by atoms with Gasteiger partial charge >= 0.3 is 0 Å².